The van der Waals surface area contributed by atoms with E-state index in [9.17, 15) is 0 Å². The summed E-state index contributed by atoms with van der Waals surface area (Å²) < 4.78 is 0. The van der Waals surface area contributed by atoms with Crippen LogP contribution in [0.15, 0.2) is 42.7 Å². The highest BCUT2D eigenvalue weighted by molar-refractivity contribution is 7.15. The fourth-order valence-corrected chi connectivity index (χ4v) is 2.79. The maximum Gasteiger partial charge on any atom is 0.125 e. The van der Waals surface area contributed by atoms with Crippen LogP contribution in [-0.2, 0) is 0 Å². The summed E-state index contributed by atoms with van der Waals surface area (Å²) >= 11 is 1.63. The summed E-state index contributed by atoms with van der Waals surface area (Å²) in [6.45, 7) is 1.97. The highest BCUT2D eigenvalue weighted by Gasteiger charge is 2.10. The Bertz CT molecular complexity index is 683. The van der Waals surface area contributed by atoms with Crippen molar-refractivity contribution < 1.29 is 0 Å². The Morgan fingerprint density at radius 2 is 2.00 bits per heavy atom. The molecule has 3 nitrogen and oxygen atoms in total. The molecule has 1 aromatic carbocycles. The monoisotopic (exact) mass is 255 g/mol. The number of hydrogen-bond acceptors (Lipinski definition) is 4. The second-order valence-corrected chi connectivity index (χ2v) is 5.30. The first-order chi connectivity index (χ1) is 8.75. The number of thiazole rings is 1. The summed E-state index contributed by atoms with van der Waals surface area (Å²) in [4.78, 5) is 10.00. The molecule has 0 saturated heterocycles. The van der Waals surface area contributed by atoms with Crippen molar-refractivity contribution in [1.82, 2.24) is 9.97 Å². The minimum absolute atomic E-state index is 0.0270. The minimum Gasteiger partial charge on any atom is -0.323 e. The molecule has 4 heteroatoms. The molecule has 90 valence electrons. The van der Waals surface area contributed by atoms with E-state index in [4.69, 9.17) is 5.73 Å². The average molecular weight is 255 g/mol. The first-order valence-electron chi connectivity index (χ1n) is 5.81. The van der Waals surface area contributed by atoms with Crippen LogP contribution in [0.25, 0.3) is 21.5 Å². The number of hydrogen-bond donors (Lipinski definition) is 1. The molecule has 0 aliphatic carbocycles. The first kappa shape index (κ1) is 11.3. The third kappa shape index (κ3) is 1.89. The molecule has 1 atom stereocenters. The lowest BCUT2D eigenvalue weighted by molar-refractivity contribution is 0.835. The molecule has 0 radical (unpaired) electrons. The lowest BCUT2D eigenvalue weighted by atomic mass is 10.1. The Morgan fingerprint density at radius 1 is 1.17 bits per heavy atom. The van der Waals surface area contributed by atoms with Gasteiger partial charge in [-0.2, -0.15) is 0 Å². The largest absolute Gasteiger partial charge is 0.323 e. The number of rotatable bonds is 2. The zero-order valence-electron chi connectivity index (χ0n) is 10.00. The van der Waals surface area contributed by atoms with Crippen LogP contribution in [0.2, 0.25) is 0 Å². The highest BCUT2D eigenvalue weighted by Crippen LogP contribution is 2.31. The van der Waals surface area contributed by atoms with Crippen LogP contribution in [-0.4, -0.2) is 9.97 Å². The molecule has 0 spiro atoms. The van der Waals surface area contributed by atoms with Crippen LogP contribution in [0.3, 0.4) is 0 Å². The van der Waals surface area contributed by atoms with Crippen molar-refractivity contribution >= 4 is 22.2 Å². The van der Waals surface area contributed by atoms with E-state index in [2.05, 4.69) is 28.2 Å². The van der Waals surface area contributed by atoms with Crippen molar-refractivity contribution in [2.24, 2.45) is 5.73 Å². The third-order valence-corrected chi connectivity index (χ3v) is 4.07. The van der Waals surface area contributed by atoms with E-state index >= 15 is 0 Å². The second kappa shape index (κ2) is 4.48. The third-order valence-electron chi connectivity index (χ3n) is 2.84. The molecular weight excluding hydrogens is 242 g/mol. The molecule has 0 fully saturated rings. The molecule has 1 unspecified atom stereocenters. The molecule has 0 saturated carbocycles. The quantitative estimate of drug-likeness (QED) is 0.763. The fourth-order valence-electron chi connectivity index (χ4n) is 1.90. The van der Waals surface area contributed by atoms with Crippen molar-refractivity contribution in [1.29, 1.82) is 0 Å². The van der Waals surface area contributed by atoms with Gasteiger partial charge in [0.15, 0.2) is 0 Å². The van der Waals surface area contributed by atoms with Crippen molar-refractivity contribution in [3.63, 3.8) is 0 Å². The van der Waals surface area contributed by atoms with E-state index in [-0.39, 0.29) is 6.04 Å². The Hall–Kier alpha value is -1.78. The second-order valence-electron chi connectivity index (χ2n) is 4.24. The Kier molecular flexibility index (Phi) is 2.81. The van der Waals surface area contributed by atoms with E-state index in [1.165, 1.54) is 0 Å². The summed E-state index contributed by atoms with van der Waals surface area (Å²) in [5.41, 5.74) is 7.94. The van der Waals surface area contributed by atoms with Crippen LogP contribution >= 0.6 is 11.3 Å². The molecule has 0 aliphatic heterocycles. The van der Waals surface area contributed by atoms with E-state index in [0.717, 1.165) is 26.4 Å². The first-order valence-corrected chi connectivity index (χ1v) is 6.63. The number of nitrogens with two attached hydrogens (primary N) is 1. The summed E-state index contributed by atoms with van der Waals surface area (Å²) in [6, 6.07) is 10.2. The Balaban J connectivity index is 2.18. The zero-order valence-corrected chi connectivity index (χ0v) is 10.8. The number of para-hydroxylation sites is 1. The molecule has 2 aromatic heterocycles. The summed E-state index contributed by atoms with van der Waals surface area (Å²) in [5, 5.41) is 2.11. The normalized spacial score (nSPS) is 12.8. The van der Waals surface area contributed by atoms with Crippen molar-refractivity contribution in [3.8, 4) is 10.6 Å². The van der Waals surface area contributed by atoms with Crippen LogP contribution in [0.1, 0.15) is 17.8 Å². The van der Waals surface area contributed by atoms with Gasteiger partial charge in [0.25, 0.3) is 0 Å². The van der Waals surface area contributed by atoms with Crippen molar-refractivity contribution in [3.05, 3.63) is 47.6 Å². The lowest BCUT2D eigenvalue weighted by Crippen LogP contribution is -2.01. The summed E-state index contributed by atoms with van der Waals surface area (Å²) in [7, 11) is 0. The van der Waals surface area contributed by atoms with Gasteiger partial charge < -0.3 is 5.73 Å². The number of benzene rings is 1. The number of aromatic nitrogens is 2. The van der Waals surface area contributed by atoms with Crippen LogP contribution in [0.5, 0.6) is 0 Å². The fraction of sp³-hybridized carbons (Fsp3) is 0.143. The highest BCUT2D eigenvalue weighted by atomic mass is 32.1. The summed E-state index contributed by atoms with van der Waals surface area (Å²) in [5.74, 6) is 0. The number of nitrogens with zero attached hydrogens (tertiary/aromatic N) is 2. The molecule has 2 N–H and O–H groups in total. The smallest absolute Gasteiger partial charge is 0.125 e. The Morgan fingerprint density at radius 3 is 2.78 bits per heavy atom. The number of fused-ring (bicyclic) bond motifs is 1. The molecular formula is C14H13N3S. The lowest BCUT2D eigenvalue weighted by Gasteiger charge is -2.02. The SMILES string of the molecule is CC(N)c1cnc(-c2cccc3cccnc23)s1. The number of pyridine rings is 1. The Labute approximate surface area is 109 Å². The van der Waals surface area contributed by atoms with Gasteiger partial charge in [0.1, 0.15) is 5.01 Å². The van der Waals surface area contributed by atoms with E-state index < -0.39 is 0 Å². The van der Waals surface area contributed by atoms with Gasteiger partial charge >= 0.3 is 0 Å². The van der Waals surface area contributed by atoms with Gasteiger partial charge in [0.05, 0.1) is 5.52 Å². The minimum atomic E-state index is 0.0270. The standard InChI is InChI=1S/C14H13N3S/c1-9(15)12-8-17-14(18-12)11-6-2-4-10-5-3-7-16-13(10)11/h2-9H,15H2,1H3. The molecule has 2 heterocycles. The molecule has 0 amide bonds. The molecule has 3 rings (SSSR count). The van der Waals surface area contributed by atoms with Gasteiger partial charge in [-0.05, 0) is 19.1 Å². The van der Waals surface area contributed by atoms with Gasteiger partial charge in [0, 0.05) is 34.3 Å². The van der Waals surface area contributed by atoms with Crippen molar-refractivity contribution in [2.75, 3.05) is 0 Å². The molecule has 0 aliphatic rings. The molecule has 3 aromatic rings. The van der Waals surface area contributed by atoms with Gasteiger partial charge in [-0.3, -0.25) is 4.98 Å². The average Bonchev–Trinajstić information content (AvgIpc) is 2.87. The van der Waals surface area contributed by atoms with Gasteiger partial charge in [-0.25, -0.2) is 4.98 Å². The maximum absolute atomic E-state index is 5.87. The molecule has 0 bridgehead atoms. The van der Waals surface area contributed by atoms with E-state index in [1.54, 1.807) is 11.3 Å². The summed E-state index contributed by atoms with van der Waals surface area (Å²) in [6.07, 6.45) is 3.67. The van der Waals surface area contributed by atoms with Gasteiger partial charge in [-0.15, -0.1) is 11.3 Å². The predicted molar refractivity (Wildman–Crippen MR) is 75.5 cm³/mol. The van der Waals surface area contributed by atoms with E-state index in [0.29, 0.717) is 0 Å². The van der Waals surface area contributed by atoms with Gasteiger partial charge in [-0.1, -0.05) is 18.2 Å². The predicted octanol–water partition coefficient (Wildman–Crippen LogP) is 3.38. The van der Waals surface area contributed by atoms with Gasteiger partial charge in [0.2, 0.25) is 0 Å². The van der Waals surface area contributed by atoms with Crippen LogP contribution in [0, 0.1) is 0 Å². The topological polar surface area (TPSA) is 51.8 Å². The van der Waals surface area contributed by atoms with E-state index in [1.807, 2.05) is 31.5 Å². The van der Waals surface area contributed by atoms with Crippen LogP contribution in [0.4, 0.5) is 0 Å². The molecule has 18 heavy (non-hydrogen) atoms. The maximum atomic E-state index is 5.87. The van der Waals surface area contributed by atoms with Crippen molar-refractivity contribution in [2.45, 2.75) is 13.0 Å². The zero-order chi connectivity index (χ0) is 12.5. The van der Waals surface area contributed by atoms with Crippen LogP contribution < -0.4 is 5.73 Å².